The van der Waals surface area contributed by atoms with Crippen molar-refractivity contribution in [2.45, 2.75) is 25.2 Å². The van der Waals surface area contributed by atoms with Crippen molar-refractivity contribution in [2.24, 2.45) is 0 Å². The van der Waals surface area contributed by atoms with Gasteiger partial charge in [0, 0.05) is 6.07 Å². The number of halogens is 2. The Hall–Kier alpha value is -0.960. The highest BCUT2D eigenvalue weighted by atomic mass is 19.1. The zero-order valence-corrected chi connectivity index (χ0v) is 8.82. The van der Waals surface area contributed by atoms with E-state index in [4.69, 9.17) is 0 Å². The molecule has 1 heterocycles. The van der Waals surface area contributed by atoms with Crippen LogP contribution in [0.1, 0.15) is 25.3 Å². The van der Waals surface area contributed by atoms with Gasteiger partial charge in [-0.2, -0.15) is 0 Å². The second-order valence-corrected chi connectivity index (χ2v) is 4.43. The van der Waals surface area contributed by atoms with Crippen molar-refractivity contribution in [1.82, 2.24) is 5.32 Å². The first kappa shape index (κ1) is 10.6. The van der Waals surface area contributed by atoms with E-state index >= 15 is 0 Å². The molecular formula is C12H15F2N. The summed E-state index contributed by atoms with van der Waals surface area (Å²) < 4.78 is 26.4. The van der Waals surface area contributed by atoms with Crippen molar-refractivity contribution >= 4 is 0 Å². The standard InChI is InChI=1S/C12H15F2N/c1-12(4-6-15-7-5-12)10-3-2-9(13)8-11(10)14/h2-3,8,15H,4-7H2,1H3. The van der Waals surface area contributed by atoms with Gasteiger partial charge in [-0.3, -0.25) is 0 Å². The molecule has 1 aromatic carbocycles. The van der Waals surface area contributed by atoms with E-state index in [0.717, 1.165) is 32.0 Å². The largest absolute Gasteiger partial charge is 0.317 e. The van der Waals surface area contributed by atoms with E-state index < -0.39 is 11.6 Å². The average Bonchev–Trinajstić information content (AvgIpc) is 2.18. The van der Waals surface area contributed by atoms with Crippen molar-refractivity contribution in [2.75, 3.05) is 13.1 Å². The Morgan fingerprint density at radius 1 is 1.20 bits per heavy atom. The van der Waals surface area contributed by atoms with Gasteiger partial charge in [-0.25, -0.2) is 8.78 Å². The van der Waals surface area contributed by atoms with Crippen molar-refractivity contribution in [1.29, 1.82) is 0 Å². The van der Waals surface area contributed by atoms with Crippen LogP contribution < -0.4 is 5.32 Å². The SMILES string of the molecule is CC1(c2ccc(F)cc2F)CCNCC1. The number of rotatable bonds is 1. The van der Waals surface area contributed by atoms with E-state index in [9.17, 15) is 8.78 Å². The molecule has 0 unspecified atom stereocenters. The van der Waals surface area contributed by atoms with E-state index in [2.05, 4.69) is 5.32 Å². The van der Waals surface area contributed by atoms with Crippen molar-refractivity contribution in [3.63, 3.8) is 0 Å². The van der Waals surface area contributed by atoms with Gasteiger partial charge in [-0.1, -0.05) is 13.0 Å². The van der Waals surface area contributed by atoms with Crippen LogP contribution in [0.5, 0.6) is 0 Å². The first-order valence-corrected chi connectivity index (χ1v) is 5.28. The first-order valence-electron chi connectivity index (χ1n) is 5.28. The molecule has 1 N–H and O–H groups in total. The van der Waals surface area contributed by atoms with Crippen LogP contribution in [-0.2, 0) is 5.41 Å². The van der Waals surface area contributed by atoms with E-state index in [-0.39, 0.29) is 5.41 Å². The Balaban J connectivity index is 2.35. The van der Waals surface area contributed by atoms with Crippen molar-refractivity contribution < 1.29 is 8.78 Å². The topological polar surface area (TPSA) is 12.0 Å². The maximum atomic E-state index is 13.6. The fourth-order valence-corrected chi connectivity index (χ4v) is 2.23. The predicted molar refractivity (Wildman–Crippen MR) is 55.8 cm³/mol. The van der Waals surface area contributed by atoms with Crippen molar-refractivity contribution in [3.05, 3.63) is 35.4 Å². The number of benzene rings is 1. The predicted octanol–water partition coefficient (Wildman–Crippen LogP) is 2.61. The normalized spacial score (nSPS) is 20.2. The summed E-state index contributed by atoms with van der Waals surface area (Å²) in [7, 11) is 0. The molecule has 0 aliphatic carbocycles. The molecule has 0 spiro atoms. The summed E-state index contributed by atoms with van der Waals surface area (Å²) in [5.41, 5.74) is 0.494. The maximum absolute atomic E-state index is 13.6. The Kier molecular flexibility index (Phi) is 2.74. The van der Waals surface area contributed by atoms with E-state index in [1.165, 1.54) is 6.07 Å². The second kappa shape index (κ2) is 3.89. The van der Waals surface area contributed by atoms with Crippen molar-refractivity contribution in [3.8, 4) is 0 Å². The lowest BCUT2D eigenvalue weighted by Crippen LogP contribution is -2.38. The van der Waals surface area contributed by atoms with Gasteiger partial charge in [0.1, 0.15) is 11.6 Å². The minimum Gasteiger partial charge on any atom is -0.317 e. The minimum absolute atomic E-state index is 0.150. The highest BCUT2D eigenvalue weighted by Crippen LogP contribution is 2.34. The molecule has 2 rings (SSSR count). The van der Waals surface area contributed by atoms with E-state index in [0.29, 0.717) is 5.56 Å². The molecule has 1 aliphatic rings. The molecule has 0 aromatic heterocycles. The summed E-state index contributed by atoms with van der Waals surface area (Å²) in [6, 6.07) is 3.89. The lowest BCUT2D eigenvalue weighted by atomic mass is 9.75. The van der Waals surface area contributed by atoms with Crippen LogP contribution in [0.15, 0.2) is 18.2 Å². The molecule has 1 nitrogen and oxygen atoms in total. The molecule has 0 radical (unpaired) electrons. The van der Waals surface area contributed by atoms with E-state index in [1.54, 1.807) is 6.07 Å². The van der Waals surface area contributed by atoms with Gasteiger partial charge in [0.2, 0.25) is 0 Å². The molecular weight excluding hydrogens is 196 g/mol. The Morgan fingerprint density at radius 2 is 1.87 bits per heavy atom. The quantitative estimate of drug-likeness (QED) is 0.753. The smallest absolute Gasteiger partial charge is 0.129 e. The Labute approximate surface area is 88.5 Å². The number of hydrogen-bond acceptors (Lipinski definition) is 1. The van der Waals surface area contributed by atoms with Crippen LogP contribution in [0.4, 0.5) is 8.78 Å². The molecule has 3 heteroatoms. The molecule has 1 fully saturated rings. The van der Waals surface area contributed by atoms with Gasteiger partial charge >= 0.3 is 0 Å². The van der Waals surface area contributed by atoms with Crippen LogP contribution in [0.2, 0.25) is 0 Å². The fourth-order valence-electron chi connectivity index (χ4n) is 2.23. The van der Waals surface area contributed by atoms with Gasteiger partial charge in [0.25, 0.3) is 0 Å². The van der Waals surface area contributed by atoms with Crippen LogP contribution >= 0.6 is 0 Å². The van der Waals surface area contributed by atoms with Gasteiger partial charge in [0.05, 0.1) is 0 Å². The highest BCUT2D eigenvalue weighted by Gasteiger charge is 2.31. The summed E-state index contributed by atoms with van der Waals surface area (Å²) >= 11 is 0. The van der Waals surface area contributed by atoms with Crippen LogP contribution in [0, 0.1) is 11.6 Å². The highest BCUT2D eigenvalue weighted by molar-refractivity contribution is 5.27. The Morgan fingerprint density at radius 3 is 2.47 bits per heavy atom. The van der Waals surface area contributed by atoms with Crippen LogP contribution in [0.3, 0.4) is 0 Å². The summed E-state index contributed by atoms with van der Waals surface area (Å²) in [5, 5.41) is 3.24. The monoisotopic (exact) mass is 211 g/mol. The molecule has 0 bridgehead atoms. The average molecular weight is 211 g/mol. The first-order chi connectivity index (χ1) is 7.12. The third-order valence-corrected chi connectivity index (χ3v) is 3.29. The van der Waals surface area contributed by atoms with Gasteiger partial charge in [-0.15, -0.1) is 0 Å². The lowest BCUT2D eigenvalue weighted by Gasteiger charge is -2.34. The summed E-state index contributed by atoms with van der Waals surface area (Å²) in [4.78, 5) is 0. The van der Waals surface area contributed by atoms with Crippen LogP contribution in [0.25, 0.3) is 0 Å². The molecule has 0 atom stereocenters. The molecule has 82 valence electrons. The van der Waals surface area contributed by atoms with Crippen LogP contribution in [-0.4, -0.2) is 13.1 Å². The third-order valence-electron chi connectivity index (χ3n) is 3.29. The van der Waals surface area contributed by atoms with Gasteiger partial charge < -0.3 is 5.32 Å². The molecule has 1 saturated heterocycles. The van der Waals surface area contributed by atoms with Gasteiger partial charge in [-0.05, 0) is 43.0 Å². The molecule has 1 aliphatic heterocycles. The number of nitrogens with one attached hydrogen (secondary N) is 1. The Bertz CT molecular complexity index is 357. The minimum atomic E-state index is -0.506. The molecule has 0 saturated carbocycles. The second-order valence-electron chi connectivity index (χ2n) is 4.43. The summed E-state index contributed by atoms with van der Waals surface area (Å²) in [6.45, 7) is 3.84. The van der Waals surface area contributed by atoms with E-state index in [1.807, 2.05) is 6.92 Å². The van der Waals surface area contributed by atoms with Gasteiger partial charge in [0.15, 0.2) is 0 Å². The maximum Gasteiger partial charge on any atom is 0.129 e. The lowest BCUT2D eigenvalue weighted by molar-refractivity contribution is 0.324. The zero-order chi connectivity index (χ0) is 10.9. The molecule has 1 aromatic rings. The number of hydrogen-bond donors (Lipinski definition) is 1. The fraction of sp³-hybridized carbons (Fsp3) is 0.500. The zero-order valence-electron chi connectivity index (χ0n) is 8.82. The molecule has 0 amide bonds. The third kappa shape index (κ3) is 2.02. The summed E-state index contributed by atoms with van der Waals surface area (Å²) in [5.74, 6) is -0.923. The molecule has 15 heavy (non-hydrogen) atoms. The number of piperidine rings is 1. The summed E-state index contributed by atoms with van der Waals surface area (Å²) in [6.07, 6.45) is 1.80.